The number of imidazole rings is 1. The molecule has 35 heavy (non-hydrogen) atoms. The topological polar surface area (TPSA) is 121 Å². The van der Waals surface area contributed by atoms with Gasteiger partial charge in [-0.1, -0.05) is 6.07 Å². The van der Waals surface area contributed by atoms with Crippen LogP contribution in [0.1, 0.15) is 12.8 Å². The first kappa shape index (κ1) is 21.8. The van der Waals surface area contributed by atoms with Gasteiger partial charge in [0.1, 0.15) is 17.0 Å². The summed E-state index contributed by atoms with van der Waals surface area (Å²) < 4.78 is 5.48. The number of ether oxygens (including phenoxy) is 1. The van der Waals surface area contributed by atoms with Gasteiger partial charge >= 0.3 is 0 Å². The van der Waals surface area contributed by atoms with E-state index < -0.39 is 0 Å². The fourth-order valence-electron chi connectivity index (χ4n) is 4.67. The van der Waals surface area contributed by atoms with E-state index in [-0.39, 0.29) is 0 Å². The molecule has 2 fully saturated rings. The molecule has 0 radical (unpaired) electrons. The standard InChI is InChI=1S/C25H29N9O/c26-18-6-8-34(9-7-18)21-5-4-17(15-27-21)22-23-24(29-16-28-23)32-25(31-22)30-19-2-1-3-20(14-19)33-10-12-35-13-11-33/h1-5,14-16,18H,6-13,26H2,(H2,28,29,30,31,32). The van der Waals surface area contributed by atoms with Gasteiger partial charge in [-0.25, -0.2) is 15.0 Å². The molecule has 10 nitrogen and oxygen atoms in total. The summed E-state index contributed by atoms with van der Waals surface area (Å²) in [4.78, 5) is 26.4. The van der Waals surface area contributed by atoms with Gasteiger partial charge < -0.3 is 30.6 Å². The number of pyridine rings is 1. The molecule has 2 aliphatic heterocycles. The lowest BCUT2D eigenvalue weighted by Gasteiger charge is -2.31. The van der Waals surface area contributed by atoms with Crippen molar-refractivity contribution in [1.29, 1.82) is 0 Å². The third-order valence-electron chi connectivity index (χ3n) is 6.64. The molecule has 180 valence electrons. The average Bonchev–Trinajstić information content (AvgIpc) is 3.38. The van der Waals surface area contributed by atoms with Crippen molar-refractivity contribution in [1.82, 2.24) is 24.9 Å². The highest BCUT2D eigenvalue weighted by Gasteiger charge is 2.18. The zero-order chi connectivity index (χ0) is 23.6. The van der Waals surface area contributed by atoms with E-state index in [9.17, 15) is 0 Å². The SMILES string of the molecule is NC1CCN(c2ccc(-c3nc(Nc4cccc(N5CCOCC5)c4)nc4[nH]cnc34)cn2)CC1. The molecule has 3 aromatic heterocycles. The van der Waals surface area contributed by atoms with E-state index in [2.05, 4.69) is 48.3 Å². The average molecular weight is 472 g/mol. The maximum atomic E-state index is 6.05. The molecule has 2 aliphatic rings. The van der Waals surface area contributed by atoms with Crippen LogP contribution >= 0.6 is 0 Å². The molecule has 0 saturated carbocycles. The minimum Gasteiger partial charge on any atom is -0.378 e. The third kappa shape index (κ3) is 4.62. The van der Waals surface area contributed by atoms with Crippen LogP contribution in [0, 0.1) is 0 Å². The second-order valence-electron chi connectivity index (χ2n) is 9.00. The fourth-order valence-corrected chi connectivity index (χ4v) is 4.67. The van der Waals surface area contributed by atoms with E-state index in [1.54, 1.807) is 6.33 Å². The van der Waals surface area contributed by atoms with Crippen LogP contribution in [0.4, 0.5) is 23.1 Å². The predicted octanol–water partition coefficient (Wildman–Crippen LogP) is 2.92. The van der Waals surface area contributed by atoms with Crippen LogP contribution in [0.25, 0.3) is 22.4 Å². The lowest BCUT2D eigenvalue weighted by atomic mass is 10.1. The van der Waals surface area contributed by atoms with Gasteiger partial charge in [-0.2, -0.15) is 4.98 Å². The molecule has 6 rings (SSSR count). The highest BCUT2D eigenvalue weighted by atomic mass is 16.5. The summed E-state index contributed by atoms with van der Waals surface area (Å²) in [5.41, 5.74) is 11.2. The number of fused-ring (bicyclic) bond motifs is 1. The van der Waals surface area contributed by atoms with Crippen LogP contribution in [-0.4, -0.2) is 70.4 Å². The Kier molecular flexibility index (Phi) is 5.89. The van der Waals surface area contributed by atoms with E-state index in [0.717, 1.165) is 86.2 Å². The van der Waals surface area contributed by atoms with Crippen LogP contribution < -0.4 is 20.9 Å². The van der Waals surface area contributed by atoms with Gasteiger partial charge in [0.05, 0.1) is 19.5 Å². The fraction of sp³-hybridized carbons (Fsp3) is 0.360. The van der Waals surface area contributed by atoms with Crippen LogP contribution in [0.5, 0.6) is 0 Å². The van der Waals surface area contributed by atoms with Crippen LogP contribution in [0.3, 0.4) is 0 Å². The molecular weight excluding hydrogens is 442 g/mol. The summed E-state index contributed by atoms with van der Waals surface area (Å²) in [6.07, 6.45) is 5.49. The van der Waals surface area contributed by atoms with Crippen molar-refractivity contribution < 1.29 is 4.74 Å². The molecule has 10 heteroatoms. The van der Waals surface area contributed by atoms with Gasteiger partial charge in [0.15, 0.2) is 5.65 Å². The Balaban J connectivity index is 1.27. The Labute approximate surface area is 203 Å². The lowest BCUT2D eigenvalue weighted by molar-refractivity contribution is 0.122. The van der Waals surface area contributed by atoms with Crippen molar-refractivity contribution in [3.05, 3.63) is 48.9 Å². The van der Waals surface area contributed by atoms with Crippen molar-refractivity contribution in [3.8, 4) is 11.3 Å². The second kappa shape index (κ2) is 9.47. The molecule has 0 aliphatic carbocycles. The number of anilines is 4. The third-order valence-corrected chi connectivity index (χ3v) is 6.64. The number of nitrogens with zero attached hydrogens (tertiary/aromatic N) is 6. The van der Waals surface area contributed by atoms with Crippen molar-refractivity contribution in [2.24, 2.45) is 5.73 Å². The van der Waals surface area contributed by atoms with E-state index in [1.807, 2.05) is 24.4 Å². The summed E-state index contributed by atoms with van der Waals surface area (Å²) in [5.74, 6) is 1.47. The molecule has 4 N–H and O–H groups in total. The molecule has 0 atom stereocenters. The normalized spacial score (nSPS) is 17.2. The lowest BCUT2D eigenvalue weighted by Crippen LogP contribution is -2.40. The molecule has 5 heterocycles. The highest BCUT2D eigenvalue weighted by Crippen LogP contribution is 2.28. The minimum absolute atomic E-state index is 0.292. The van der Waals surface area contributed by atoms with E-state index >= 15 is 0 Å². The Hall–Kier alpha value is -3.76. The number of hydrogen-bond acceptors (Lipinski definition) is 9. The number of morpholine rings is 1. The zero-order valence-electron chi connectivity index (χ0n) is 19.5. The van der Waals surface area contributed by atoms with Gasteiger partial charge in [-0.3, -0.25) is 0 Å². The maximum absolute atomic E-state index is 6.05. The number of piperidine rings is 1. The number of H-pyrrole nitrogens is 1. The summed E-state index contributed by atoms with van der Waals surface area (Å²) >= 11 is 0. The van der Waals surface area contributed by atoms with E-state index in [4.69, 9.17) is 20.4 Å². The molecule has 0 unspecified atom stereocenters. The largest absolute Gasteiger partial charge is 0.378 e. The number of nitrogens with one attached hydrogen (secondary N) is 2. The number of hydrogen-bond donors (Lipinski definition) is 3. The van der Waals surface area contributed by atoms with Gasteiger partial charge in [-0.15, -0.1) is 0 Å². The van der Waals surface area contributed by atoms with Crippen LogP contribution in [0.15, 0.2) is 48.9 Å². The first-order chi connectivity index (χ1) is 17.2. The number of benzene rings is 1. The molecule has 2 saturated heterocycles. The number of aromatic amines is 1. The van der Waals surface area contributed by atoms with Crippen molar-refractivity contribution >= 4 is 34.3 Å². The first-order valence-electron chi connectivity index (χ1n) is 12.1. The summed E-state index contributed by atoms with van der Waals surface area (Å²) in [6.45, 7) is 5.14. The van der Waals surface area contributed by atoms with E-state index in [0.29, 0.717) is 17.6 Å². The van der Waals surface area contributed by atoms with Crippen molar-refractivity contribution in [2.75, 3.05) is 54.5 Å². The molecule has 1 aromatic carbocycles. The minimum atomic E-state index is 0.292. The number of nitrogens with two attached hydrogens (primary N) is 1. The first-order valence-corrected chi connectivity index (χ1v) is 12.1. The Morgan fingerprint density at radius 1 is 0.971 bits per heavy atom. The Bertz CT molecular complexity index is 1290. The van der Waals surface area contributed by atoms with Gasteiger partial charge in [-0.05, 0) is 43.2 Å². The maximum Gasteiger partial charge on any atom is 0.229 e. The molecule has 0 bridgehead atoms. The number of rotatable bonds is 5. The monoisotopic (exact) mass is 471 g/mol. The molecular formula is C25H29N9O. The summed E-state index contributed by atoms with van der Waals surface area (Å²) in [6, 6.07) is 12.7. The summed E-state index contributed by atoms with van der Waals surface area (Å²) in [7, 11) is 0. The van der Waals surface area contributed by atoms with Crippen LogP contribution in [-0.2, 0) is 4.74 Å². The van der Waals surface area contributed by atoms with Crippen molar-refractivity contribution in [2.45, 2.75) is 18.9 Å². The van der Waals surface area contributed by atoms with Crippen LogP contribution in [0.2, 0.25) is 0 Å². The predicted molar refractivity (Wildman–Crippen MR) is 137 cm³/mol. The Morgan fingerprint density at radius 2 is 1.83 bits per heavy atom. The summed E-state index contributed by atoms with van der Waals surface area (Å²) in [5, 5.41) is 3.37. The number of aromatic nitrogens is 5. The quantitative estimate of drug-likeness (QED) is 0.403. The molecule has 0 spiro atoms. The van der Waals surface area contributed by atoms with E-state index in [1.165, 1.54) is 0 Å². The Morgan fingerprint density at radius 3 is 2.63 bits per heavy atom. The van der Waals surface area contributed by atoms with Gasteiger partial charge in [0, 0.05) is 55.4 Å². The van der Waals surface area contributed by atoms with Crippen molar-refractivity contribution in [3.63, 3.8) is 0 Å². The molecule has 0 amide bonds. The second-order valence-corrected chi connectivity index (χ2v) is 9.00. The highest BCUT2D eigenvalue weighted by molar-refractivity contribution is 5.88. The molecule has 4 aromatic rings. The van der Waals surface area contributed by atoms with Gasteiger partial charge in [0.2, 0.25) is 5.95 Å². The smallest absolute Gasteiger partial charge is 0.229 e. The van der Waals surface area contributed by atoms with Gasteiger partial charge in [0.25, 0.3) is 0 Å². The zero-order valence-corrected chi connectivity index (χ0v) is 19.5.